The standard InChI is InChI=1S/C23H26FN5OS/c1-3-14-28(15-4-2)22(30)20-19(16-10-12-18(24)13-11-16)27-29-21(25-26-23(29)31-20)17-8-6-5-7-9-17/h5-13,19-20,27H,3-4,14-15H2,1-2H3/t19-,20+/m0/s1. The number of rotatable bonds is 7. The van der Waals surface area contributed by atoms with E-state index in [4.69, 9.17) is 0 Å². The number of fused-ring (bicyclic) bond motifs is 1. The van der Waals surface area contributed by atoms with Gasteiger partial charge in [0.05, 0.1) is 6.04 Å². The Kier molecular flexibility index (Phi) is 6.56. The summed E-state index contributed by atoms with van der Waals surface area (Å²) < 4.78 is 15.4. The first-order valence-electron chi connectivity index (χ1n) is 10.6. The van der Waals surface area contributed by atoms with Crippen LogP contribution in [0.15, 0.2) is 59.8 Å². The van der Waals surface area contributed by atoms with Crippen molar-refractivity contribution in [3.63, 3.8) is 0 Å². The lowest BCUT2D eigenvalue weighted by atomic mass is 10.0. The molecule has 0 radical (unpaired) electrons. The molecule has 1 aliphatic heterocycles. The quantitative estimate of drug-likeness (QED) is 0.588. The fraction of sp³-hybridized carbons (Fsp3) is 0.348. The van der Waals surface area contributed by atoms with Crippen molar-refractivity contribution in [2.45, 2.75) is 43.1 Å². The molecule has 0 spiro atoms. The minimum absolute atomic E-state index is 0.0611. The number of aromatic nitrogens is 3. The zero-order valence-corrected chi connectivity index (χ0v) is 18.5. The van der Waals surface area contributed by atoms with Gasteiger partial charge in [0.2, 0.25) is 11.1 Å². The number of hydrogen-bond donors (Lipinski definition) is 1. The van der Waals surface area contributed by atoms with Crippen molar-refractivity contribution in [3.05, 3.63) is 66.0 Å². The average molecular weight is 440 g/mol. The molecule has 31 heavy (non-hydrogen) atoms. The summed E-state index contributed by atoms with van der Waals surface area (Å²) in [4.78, 5) is 15.5. The van der Waals surface area contributed by atoms with Crippen LogP contribution in [0.3, 0.4) is 0 Å². The van der Waals surface area contributed by atoms with Crippen LogP contribution in [-0.4, -0.2) is 44.0 Å². The summed E-state index contributed by atoms with van der Waals surface area (Å²) in [6.07, 6.45) is 1.79. The summed E-state index contributed by atoms with van der Waals surface area (Å²) in [5, 5.41) is 8.92. The van der Waals surface area contributed by atoms with Gasteiger partial charge in [0.25, 0.3) is 0 Å². The Morgan fingerprint density at radius 3 is 2.39 bits per heavy atom. The van der Waals surface area contributed by atoms with Crippen molar-refractivity contribution in [1.82, 2.24) is 19.8 Å². The van der Waals surface area contributed by atoms with Crippen molar-refractivity contribution < 1.29 is 9.18 Å². The van der Waals surface area contributed by atoms with Gasteiger partial charge in [-0.05, 0) is 30.5 Å². The molecule has 2 atom stereocenters. The van der Waals surface area contributed by atoms with Gasteiger partial charge in [-0.3, -0.25) is 4.79 Å². The number of nitrogens with one attached hydrogen (secondary N) is 1. The van der Waals surface area contributed by atoms with Crippen LogP contribution in [0, 0.1) is 5.82 Å². The maximum atomic E-state index is 13.6. The number of carbonyl (C=O) groups is 1. The second-order valence-electron chi connectivity index (χ2n) is 7.53. The van der Waals surface area contributed by atoms with E-state index in [0.29, 0.717) is 24.1 Å². The first-order chi connectivity index (χ1) is 15.1. The van der Waals surface area contributed by atoms with Crippen molar-refractivity contribution >= 4 is 17.7 Å². The number of amides is 1. The van der Waals surface area contributed by atoms with Crippen molar-refractivity contribution in [3.8, 4) is 11.4 Å². The van der Waals surface area contributed by atoms with Crippen molar-refractivity contribution in [1.29, 1.82) is 0 Å². The van der Waals surface area contributed by atoms with E-state index in [1.54, 1.807) is 12.1 Å². The Hall–Kier alpha value is -2.87. The summed E-state index contributed by atoms with van der Waals surface area (Å²) in [5.74, 6) is 0.440. The van der Waals surface area contributed by atoms with E-state index < -0.39 is 5.25 Å². The molecule has 0 aliphatic carbocycles. The Balaban J connectivity index is 1.73. The number of nitrogens with zero attached hydrogens (tertiary/aromatic N) is 4. The molecule has 1 aromatic heterocycles. The van der Waals surface area contributed by atoms with E-state index in [9.17, 15) is 9.18 Å². The lowest BCUT2D eigenvalue weighted by Crippen LogP contribution is -2.46. The molecule has 0 saturated heterocycles. The third-order valence-corrected chi connectivity index (χ3v) is 6.44. The summed E-state index contributed by atoms with van der Waals surface area (Å²) in [7, 11) is 0. The normalized spacial score (nSPS) is 17.6. The second-order valence-corrected chi connectivity index (χ2v) is 8.64. The topological polar surface area (TPSA) is 63.1 Å². The maximum Gasteiger partial charge on any atom is 0.238 e. The van der Waals surface area contributed by atoms with E-state index in [0.717, 1.165) is 24.0 Å². The molecule has 1 amide bonds. The Bertz CT molecular complexity index is 1020. The van der Waals surface area contributed by atoms with E-state index in [2.05, 4.69) is 29.5 Å². The van der Waals surface area contributed by atoms with Crippen LogP contribution in [0.25, 0.3) is 11.4 Å². The predicted octanol–water partition coefficient (Wildman–Crippen LogP) is 4.49. The van der Waals surface area contributed by atoms with Crippen LogP contribution in [0.4, 0.5) is 4.39 Å². The number of carbonyl (C=O) groups excluding carboxylic acids is 1. The minimum atomic E-state index is -0.427. The largest absolute Gasteiger partial charge is 0.342 e. The Morgan fingerprint density at radius 1 is 1.06 bits per heavy atom. The fourth-order valence-corrected chi connectivity index (χ4v) is 4.95. The maximum absolute atomic E-state index is 13.6. The molecule has 1 N–H and O–H groups in total. The molecular formula is C23H26FN5OS. The summed E-state index contributed by atoms with van der Waals surface area (Å²) in [5.41, 5.74) is 5.22. The van der Waals surface area contributed by atoms with Gasteiger partial charge >= 0.3 is 0 Å². The monoisotopic (exact) mass is 439 g/mol. The second kappa shape index (κ2) is 9.51. The molecule has 4 rings (SSSR count). The first-order valence-corrected chi connectivity index (χ1v) is 11.5. The highest BCUT2D eigenvalue weighted by molar-refractivity contribution is 8.00. The van der Waals surface area contributed by atoms with Gasteiger partial charge in [0.1, 0.15) is 11.1 Å². The highest BCUT2D eigenvalue weighted by Crippen LogP contribution is 2.39. The van der Waals surface area contributed by atoms with Crippen molar-refractivity contribution in [2.24, 2.45) is 0 Å². The van der Waals surface area contributed by atoms with Crippen LogP contribution in [0.1, 0.15) is 38.3 Å². The van der Waals surface area contributed by atoms with Crippen LogP contribution in [-0.2, 0) is 4.79 Å². The third kappa shape index (κ3) is 4.44. The van der Waals surface area contributed by atoms with Gasteiger partial charge in [-0.15, -0.1) is 10.2 Å². The van der Waals surface area contributed by atoms with Crippen LogP contribution < -0.4 is 5.43 Å². The highest BCUT2D eigenvalue weighted by Gasteiger charge is 2.39. The zero-order valence-electron chi connectivity index (χ0n) is 17.7. The first kappa shape index (κ1) is 21.4. The van der Waals surface area contributed by atoms with Crippen LogP contribution in [0.2, 0.25) is 0 Å². The highest BCUT2D eigenvalue weighted by atomic mass is 32.2. The molecule has 2 aromatic carbocycles. The summed E-state index contributed by atoms with van der Waals surface area (Å²) in [6.45, 7) is 5.56. The van der Waals surface area contributed by atoms with Gasteiger partial charge in [-0.25, -0.2) is 9.07 Å². The van der Waals surface area contributed by atoms with E-state index in [1.165, 1.54) is 23.9 Å². The summed E-state index contributed by atoms with van der Waals surface area (Å²) in [6, 6.07) is 15.8. The number of benzene rings is 2. The summed E-state index contributed by atoms with van der Waals surface area (Å²) >= 11 is 1.41. The number of thioether (sulfide) groups is 1. The molecule has 0 fully saturated rings. The van der Waals surface area contributed by atoms with Gasteiger partial charge in [0, 0.05) is 18.7 Å². The SMILES string of the molecule is CCCN(CCC)C(=O)[C@@H]1Sc2nnc(-c3ccccc3)n2N[C@H]1c1ccc(F)cc1. The predicted molar refractivity (Wildman–Crippen MR) is 121 cm³/mol. The molecule has 0 unspecified atom stereocenters. The fourth-order valence-electron chi connectivity index (χ4n) is 3.79. The van der Waals surface area contributed by atoms with Gasteiger partial charge in [-0.1, -0.05) is 68.1 Å². The smallest absolute Gasteiger partial charge is 0.238 e. The lowest BCUT2D eigenvalue weighted by molar-refractivity contribution is -0.131. The third-order valence-electron chi connectivity index (χ3n) is 5.24. The van der Waals surface area contributed by atoms with Crippen molar-refractivity contribution in [2.75, 3.05) is 18.5 Å². The van der Waals surface area contributed by atoms with Crippen LogP contribution >= 0.6 is 11.8 Å². The molecule has 6 nitrogen and oxygen atoms in total. The van der Waals surface area contributed by atoms with Gasteiger partial charge in [0.15, 0.2) is 5.82 Å². The molecule has 3 aromatic rings. The number of halogens is 1. The molecule has 8 heteroatoms. The Labute approximate surface area is 185 Å². The molecule has 162 valence electrons. The van der Waals surface area contributed by atoms with Gasteiger partial charge < -0.3 is 10.3 Å². The Morgan fingerprint density at radius 2 is 1.74 bits per heavy atom. The van der Waals surface area contributed by atoms with Gasteiger partial charge in [-0.2, -0.15) is 0 Å². The van der Waals surface area contributed by atoms with Crippen LogP contribution in [0.5, 0.6) is 0 Å². The molecule has 2 heterocycles. The molecular weight excluding hydrogens is 413 g/mol. The van der Waals surface area contributed by atoms with E-state index in [1.807, 2.05) is 39.9 Å². The average Bonchev–Trinajstić information content (AvgIpc) is 3.22. The van der Waals surface area contributed by atoms with E-state index >= 15 is 0 Å². The molecule has 0 saturated carbocycles. The zero-order chi connectivity index (χ0) is 21.8. The molecule has 0 bridgehead atoms. The minimum Gasteiger partial charge on any atom is -0.342 e. The molecule has 1 aliphatic rings. The van der Waals surface area contributed by atoms with E-state index in [-0.39, 0.29) is 17.8 Å². The lowest BCUT2D eigenvalue weighted by Gasteiger charge is -2.36. The number of hydrogen-bond acceptors (Lipinski definition) is 5.